The fourth-order valence-corrected chi connectivity index (χ4v) is 3.19. The van der Waals surface area contributed by atoms with Crippen molar-refractivity contribution in [3.63, 3.8) is 0 Å². The number of hydrogen-bond donors (Lipinski definition) is 1. The zero-order valence-corrected chi connectivity index (χ0v) is 12.3. The molecule has 1 aliphatic heterocycles. The molecule has 0 bridgehead atoms. The Labute approximate surface area is 118 Å². The summed E-state index contributed by atoms with van der Waals surface area (Å²) in [5.41, 5.74) is 4.98. The van der Waals surface area contributed by atoms with Crippen molar-refractivity contribution >= 4 is 16.5 Å². The van der Waals surface area contributed by atoms with Crippen LogP contribution >= 0.6 is 11.3 Å². The van der Waals surface area contributed by atoms with Gasteiger partial charge < -0.3 is 10.2 Å². The van der Waals surface area contributed by atoms with Gasteiger partial charge in [0.2, 0.25) is 0 Å². The van der Waals surface area contributed by atoms with Gasteiger partial charge in [0.15, 0.2) is 5.13 Å². The van der Waals surface area contributed by atoms with Crippen LogP contribution in [-0.2, 0) is 0 Å². The maximum atomic E-state index is 4.79. The fourth-order valence-electron chi connectivity index (χ4n) is 2.30. The van der Waals surface area contributed by atoms with E-state index in [0.717, 1.165) is 37.0 Å². The van der Waals surface area contributed by atoms with E-state index in [0.29, 0.717) is 0 Å². The first-order chi connectivity index (χ1) is 9.24. The van der Waals surface area contributed by atoms with Gasteiger partial charge in [0.25, 0.3) is 0 Å². The molecule has 3 rings (SSSR count). The number of rotatable bonds is 2. The van der Waals surface area contributed by atoms with Crippen LogP contribution in [0, 0.1) is 13.8 Å². The van der Waals surface area contributed by atoms with Gasteiger partial charge in [-0.3, -0.25) is 0 Å². The number of piperazine rings is 1. The second-order valence-corrected chi connectivity index (χ2v) is 5.89. The molecule has 2 aromatic rings. The van der Waals surface area contributed by atoms with Crippen LogP contribution in [0.1, 0.15) is 11.1 Å². The molecule has 19 heavy (non-hydrogen) atoms. The van der Waals surface area contributed by atoms with Crippen LogP contribution in [0.4, 0.5) is 5.13 Å². The van der Waals surface area contributed by atoms with Crippen LogP contribution in [0.25, 0.3) is 11.3 Å². The van der Waals surface area contributed by atoms with E-state index in [1.54, 1.807) is 11.3 Å². The lowest BCUT2D eigenvalue weighted by Crippen LogP contribution is -2.43. The standard InChI is InChI=1S/C15H19N3S/c1-11-3-4-13(9-12(11)2)14-10-19-15(17-14)18-7-5-16-6-8-18/h3-4,9-10,16H,5-8H2,1-2H3. The maximum Gasteiger partial charge on any atom is 0.185 e. The van der Waals surface area contributed by atoms with Crippen molar-refractivity contribution in [2.75, 3.05) is 31.1 Å². The number of hydrogen-bond acceptors (Lipinski definition) is 4. The van der Waals surface area contributed by atoms with E-state index in [4.69, 9.17) is 4.98 Å². The van der Waals surface area contributed by atoms with E-state index in [1.165, 1.54) is 16.7 Å². The van der Waals surface area contributed by atoms with Gasteiger partial charge in [0.05, 0.1) is 5.69 Å². The van der Waals surface area contributed by atoms with Gasteiger partial charge in [-0.25, -0.2) is 4.98 Å². The Balaban J connectivity index is 1.85. The summed E-state index contributed by atoms with van der Waals surface area (Å²) in [6, 6.07) is 6.57. The summed E-state index contributed by atoms with van der Waals surface area (Å²) in [5, 5.41) is 6.69. The van der Waals surface area contributed by atoms with Crippen LogP contribution in [-0.4, -0.2) is 31.2 Å². The highest BCUT2D eigenvalue weighted by molar-refractivity contribution is 7.14. The van der Waals surface area contributed by atoms with Crippen molar-refractivity contribution in [3.05, 3.63) is 34.7 Å². The van der Waals surface area contributed by atoms with Crippen molar-refractivity contribution < 1.29 is 0 Å². The number of benzene rings is 1. The summed E-state index contributed by atoms with van der Waals surface area (Å²) in [7, 11) is 0. The molecule has 1 fully saturated rings. The zero-order valence-electron chi connectivity index (χ0n) is 11.4. The smallest absolute Gasteiger partial charge is 0.185 e. The molecule has 0 radical (unpaired) electrons. The molecule has 1 N–H and O–H groups in total. The first-order valence-corrected chi connectivity index (χ1v) is 7.61. The van der Waals surface area contributed by atoms with Gasteiger partial charge in [-0.05, 0) is 31.0 Å². The Kier molecular flexibility index (Phi) is 3.53. The number of anilines is 1. The number of nitrogens with one attached hydrogen (secondary N) is 1. The monoisotopic (exact) mass is 273 g/mol. The molecule has 4 heteroatoms. The Morgan fingerprint density at radius 2 is 1.95 bits per heavy atom. The quantitative estimate of drug-likeness (QED) is 0.912. The van der Waals surface area contributed by atoms with E-state index in [2.05, 4.69) is 47.6 Å². The highest BCUT2D eigenvalue weighted by Crippen LogP contribution is 2.28. The first-order valence-electron chi connectivity index (χ1n) is 6.73. The minimum absolute atomic E-state index is 1.05. The third-order valence-corrected chi connectivity index (χ3v) is 4.58. The predicted molar refractivity (Wildman–Crippen MR) is 82.1 cm³/mol. The molecule has 0 aliphatic carbocycles. The van der Waals surface area contributed by atoms with Crippen molar-refractivity contribution in [3.8, 4) is 11.3 Å². The highest BCUT2D eigenvalue weighted by Gasteiger charge is 2.14. The average Bonchev–Trinajstić information content (AvgIpc) is 2.93. The fraction of sp³-hybridized carbons (Fsp3) is 0.400. The third-order valence-electron chi connectivity index (χ3n) is 3.68. The van der Waals surface area contributed by atoms with Crippen molar-refractivity contribution in [1.29, 1.82) is 0 Å². The van der Waals surface area contributed by atoms with Gasteiger partial charge >= 0.3 is 0 Å². The summed E-state index contributed by atoms with van der Waals surface area (Å²) in [4.78, 5) is 7.16. The predicted octanol–water partition coefficient (Wildman–Crippen LogP) is 2.84. The summed E-state index contributed by atoms with van der Waals surface area (Å²) >= 11 is 1.75. The highest BCUT2D eigenvalue weighted by atomic mass is 32.1. The summed E-state index contributed by atoms with van der Waals surface area (Å²) in [6.45, 7) is 8.52. The molecular weight excluding hydrogens is 254 g/mol. The second-order valence-electron chi connectivity index (χ2n) is 5.05. The molecule has 1 aromatic carbocycles. The number of aromatic nitrogens is 1. The van der Waals surface area contributed by atoms with Gasteiger partial charge in [-0.2, -0.15) is 0 Å². The topological polar surface area (TPSA) is 28.2 Å². The second kappa shape index (κ2) is 5.31. The molecule has 0 unspecified atom stereocenters. The van der Waals surface area contributed by atoms with Crippen LogP contribution in [0.15, 0.2) is 23.6 Å². The number of aryl methyl sites for hydroxylation is 2. The minimum atomic E-state index is 1.05. The zero-order chi connectivity index (χ0) is 13.2. The van der Waals surface area contributed by atoms with E-state index in [1.807, 2.05) is 0 Å². The molecule has 0 saturated carbocycles. The van der Waals surface area contributed by atoms with Crippen LogP contribution in [0.5, 0.6) is 0 Å². The lowest BCUT2D eigenvalue weighted by molar-refractivity contribution is 0.588. The van der Waals surface area contributed by atoms with Gasteiger partial charge in [-0.1, -0.05) is 12.1 Å². The van der Waals surface area contributed by atoms with Crippen molar-refractivity contribution in [1.82, 2.24) is 10.3 Å². The maximum absolute atomic E-state index is 4.79. The molecular formula is C15H19N3S. The van der Waals surface area contributed by atoms with E-state index < -0.39 is 0 Å². The molecule has 0 amide bonds. The van der Waals surface area contributed by atoms with E-state index in [-0.39, 0.29) is 0 Å². The number of nitrogens with zero attached hydrogens (tertiary/aromatic N) is 2. The molecule has 3 nitrogen and oxygen atoms in total. The molecule has 100 valence electrons. The Morgan fingerprint density at radius 3 is 2.68 bits per heavy atom. The average molecular weight is 273 g/mol. The van der Waals surface area contributed by atoms with Crippen LogP contribution < -0.4 is 10.2 Å². The summed E-state index contributed by atoms with van der Waals surface area (Å²) < 4.78 is 0. The Hall–Kier alpha value is -1.39. The number of thiazole rings is 1. The molecule has 1 aliphatic rings. The first kappa shape index (κ1) is 12.6. The van der Waals surface area contributed by atoms with Crippen LogP contribution in [0.3, 0.4) is 0 Å². The van der Waals surface area contributed by atoms with Crippen LogP contribution in [0.2, 0.25) is 0 Å². The van der Waals surface area contributed by atoms with Crippen molar-refractivity contribution in [2.45, 2.75) is 13.8 Å². The molecule has 0 spiro atoms. The van der Waals surface area contributed by atoms with Gasteiger partial charge in [-0.15, -0.1) is 11.3 Å². The largest absolute Gasteiger partial charge is 0.346 e. The Morgan fingerprint density at radius 1 is 1.16 bits per heavy atom. The van der Waals surface area contributed by atoms with Gasteiger partial charge in [0.1, 0.15) is 0 Å². The third kappa shape index (κ3) is 2.65. The van der Waals surface area contributed by atoms with E-state index in [9.17, 15) is 0 Å². The molecule has 2 heterocycles. The summed E-state index contributed by atoms with van der Waals surface area (Å²) in [6.07, 6.45) is 0. The SMILES string of the molecule is Cc1ccc(-c2csc(N3CCNCC3)n2)cc1C. The normalized spacial score (nSPS) is 15.8. The molecule has 1 aromatic heterocycles. The lowest BCUT2D eigenvalue weighted by Gasteiger charge is -2.26. The lowest BCUT2D eigenvalue weighted by atomic mass is 10.1. The molecule has 1 saturated heterocycles. The van der Waals surface area contributed by atoms with Crippen molar-refractivity contribution in [2.24, 2.45) is 0 Å². The minimum Gasteiger partial charge on any atom is -0.346 e. The summed E-state index contributed by atoms with van der Waals surface area (Å²) in [5.74, 6) is 0. The van der Waals surface area contributed by atoms with Gasteiger partial charge in [0, 0.05) is 37.1 Å². The molecule has 0 atom stereocenters. The Bertz CT molecular complexity index is 571. The van der Waals surface area contributed by atoms with E-state index >= 15 is 0 Å².